The lowest BCUT2D eigenvalue weighted by Crippen LogP contribution is -2.48. The Kier molecular flexibility index (Phi) is 7.62. The molecule has 6 nitrogen and oxygen atoms in total. The van der Waals surface area contributed by atoms with Crippen LogP contribution in [0.25, 0.3) is 0 Å². The fourth-order valence-corrected chi connectivity index (χ4v) is 6.62. The van der Waals surface area contributed by atoms with Crippen molar-refractivity contribution >= 4 is 24.2 Å². The Morgan fingerprint density at radius 3 is 2.14 bits per heavy atom. The summed E-state index contributed by atoms with van der Waals surface area (Å²) in [6.45, 7) is 6.14. The van der Waals surface area contributed by atoms with Crippen LogP contribution >= 0.6 is 12.4 Å². The van der Waals surface area contributed by atoms with Crippen molar-refractivity contribution in [1.82, 2.24) is 20.9 Å². The Hall–Kier alpha value is -0.850. The van der Waals surface area contributed by atoms with E-state index in [1.54, 1.807) is 0 Å². The number of rotatable bonds is 8. The Labute approximate surface area is 175 Å². The van der Waals surface area contributed by atoms with E-state index in [4.69, 9.17) is 0 Å². The summed E-state index contributed by atoms with van der Waals surface area (Å²) in [7, 11) is 0. The second-order valence-electron chi connectivity index (χ2n) is 9.67. The van der Waals surface area contributed by atoms with Gasteiger partial charge in [0.25, 0.3) is 0 Å². The minimum absolute atomic E-state index is 0. The van der Waals surface area contributed by atoms with E-state index < -0.39 is 0 Å². The smallest absolute Gasteiger partial charge is 0.239 e. The van der Waals surface area contributed by atoms with Gasteiger partial charge in [0.05, 0.1) is 6.54 Å². The second-order valence-corrected chi connectivity index (χ2v) is 9.67. The van der Waals surface area contributed by atoms with Gasteiger partial charge in [-0.2, -0.15) is 0 Å². The van der Waals surface area contributed by atoms with Gasteiger partial charge in [0, 0.05) is 39.1 Å². The Bertz CT molecular complexity index is 515. The molecule has 1 heterocycles. The number of carbonyl (C=O) groups is 2. The average Bonchev–Trinajstić information content (AvgIpc) is 2.63. The molecular weight excluding hydrogens is 376 g/mol. The summed E-state index contributed by atoms with van der Waals surface area (Å²) < 4.78 is 0. The second kappa shape index (κ2) is 9.77. The Balaban J connectivity index is 0.00000225. The zero-order chi connectivity index (χ0) is 18.7. The van der Waals surface area contributed by atoms with Crippen LogP contribution in [-0.4, -0.2) is 62.5 Å². The average molecular weight is 413 g/mol. The summed E-state index contributed by atoms with van der Waals surface area (Å²) in [4.78, 5) is 26.9. The molecule has 0 radical (unpaired) electrons. The maximum Gasteiger partial charge on any atom is 0.239 e. The number of hydrogen-bond donors (Lipinski definition) is 3. The Morgan fingerprint density at radius 2 is 1.54 bits per heavy atom. The van der Waals surface area contributed by atoms with E-state index in [1.165, 1.54) is 38.5 Å². The molecule has 4 saturated carbocycles. The zero-order valence-corrected chi connectivity index (χ0v) is 17.8. The van der Waals surface area contributed by atoms with Crippen molar-refractivity contribution in [2.45, 2.75) is 51.4 Å². The van der Waals surface area contributed by atoms with Crippen LogP contribution in [0, 0.1) is 23.2 Å². The van der Waals surface area contributed by atoms with Crippen molar-refractivity contribution in [1.29, 1.82) is 0 Å². The molecule has 5 rings (SSSR count). The van der Waals surface area contributed by atoms with Crippen molar-refractivity contribution < 1.29 is 9.59 Å². The number of hydrogen-bond acceptors (Lipinski definition) is 4. The predicted molar refractivity (Wildman–Crippen MR) is 112 cm³/mol. The first-order valence-corrected chi connectivity index (χ1v) is 11.1. The molecule has 0 unspecified atom stereocenters. The highest BCUT2D eigenvalue weighted by atomic mass is 35.5. The molecular formula is C21H37ClN4O2. The van der Waals surface area contributed by atoms with E-state index in [1.807, 2.05) is 0 Å². The third kappa shape index (κ3) is 5.61. The molecule has 4 aliphatic carbocycles. The molecule has 5 aliphatic rings. The molecule has 0 aromatic carbocycles. The number of nitrogens with one attached hydrogen (secondary N) is 3. The van der Waals surface area contributed by atoms with E-state index in [0.717, 1.165) is 56.9 Å². The number of amides is 2. The number of carbonyl (C=O) groups excluding carboxylic acids is 2. The molecule has 160 valence electrons. The molecule has 0 aromatic rings. The van der Waals surface area contributed by atoms with Crippen LogP contribution in [0.5, 0.6) is 0 Å². The first-order valence-electron chi connectivity index (χ1n) is 11.1. The first kappa shape index (κ1) is 21.8. The van der Waals surface area contributed by atoms with Gasteiger partial charge in [0.2, 0.25) is 11.8 Å². The lowest BCUT2D eigenvalue weighted by Gasteiger charge is -2.56. The van der Waals surface area contributed by atoms with Crippen LogP contribution in [0.4, 0.5) is 0 Å². The van der Waals surface area contributed by atoms with Crippen LogP contribution in [-0.2, 0) is 9.59 Å². The van der Waals surface area contributed by atoms with Crippen LogP contribution in [0.15, 0.2) is 0 Å². The zero-order valence-electron chi connectivity index (χ0n) is 17.0. The summed E-state index contributed by atoms with van der Waals surface area (Å²) in [6, 6.07) is 0. The van der Waals surface area contributed by atoms with Crippen LogP contribution in [0.3, 0.4) is 0 Å². The first-order chi connectivity index (χ1) is 13.1. The van der Waals surface area contributed by atoms with E-state index in [2.05, 4.69) is 20.9 Å². The highest BCUT2D eigenvalue weighted by Gasteiger charge is 2.51. The van der Waals surface area contributed by atoms with E-state index in [0.29, 0.717) is 13.0 Å². The summed E-state index contributed by atoms with van der Waals surface area (Å²) >= 11 is 0. The number of halogens is 1. The molecule has 7 heteroatoms. The third-order valence-corrected chi connectivity index (χ3v) is 7.33. The molecule has 1 saturated heterocycles. The van der Waals surface area contributed by atoms with Gasteiger partial charge in [0.1, 0.15) is 0 Å². The monoisotopic (exact) mass is 412 g/mol. The van der Waals surface area contributed by atoms with Crippen molar-refractivity contribution in [2.24, 2.45) is 23.2 Å². The van der Waals surface area contributed by atoms with Gasteiger partial charge in [-0.25, -0.2) is 0 Å². The van der Waals surface area contributed by atoms with Gasteiger partial charge >= 0.3 is 0 Å². The van der Waals surface area contributed by atoms with E-state index >= 15 is 0 Å². The van der Waals surface area contributed by atoms with Gasteiger partial charge in [-0.3, -0.25) is 9.59 Å². The minimum atomic E-state index is -0.0610. The van der Waals surface area contributed by atoms with Crippen LogP contribution < -0.4 is 16.0 Å². The molecule has 0 aromatic heterocycles. The van der Waals surface area contributed by atoms with Gasteiger partial charge in [0.15, 0.2) is 0 Å². The minimum Gasteiger partial charge on any atom is -0.355 e. The van der Waals surface area contributed by atoms with Gasteiger partial charge < -0.3 is 20.9 Å². The van der Waals surface area contributed by atoms with Gasteiger partial charge in [-0.05, 0) is 74.7 Å². The Morgan fingerprint density at radius 1 is 0.929 bits per heavy atom. The lowest BCUT2D eigenvalue weighted by molar-refractivity contribution is -0.131. The molecule has 4 bridgehead atoms. The predicted octanol–water partition coefficient (Wildman–Crippen LogP) is 1.54. The molecule has 0 atom stereocenters. The van der Waals surface area contributed by atoms with Crippen molar-refractivity contribution in [2.75, 3.05) is 45.8 Å². The molecule has 5 fully saturated rings. The summed E-state index contributed by atoms with van der Waals surface area (Å²) in [5.74, 6) is 2.61. The fourth-order valence-electron chi connectivity index (χ4n) is 6.62. The van der Waals surface area contributed by atoms with Gasteiger partial charge in [-0.15, -0.1) is 12.4 Å². The highest BCUT2D eigenvalue weighted by molar-refractivity contribution is 5.85. The fraction of sp³-hybridized carbons (Fsp3) is 0.905. The molecule has 0 spiro atoms. The topological polar surface area (TPSA) is 73.5 Å². The number of nitrogens with zero attached hydrogens (tertiary/aromatic N) is 1. The normalized spacial score (nSPS) is 33.9. The van der Waals surface area contributed by atoms with E-state index in [-0.39, 0.29) is 36.2 Å². The summed E-state index contributed by atoms with van der Waals surface area (Å²) in [5.41, 5.74) is 0.249. The lowest BCUT2D eigenvalue weighted by atomic mass is 9.49. The largest absolute Gasteiger partial charge is 0.355 e. The molecule has 1 aliphatic heterocycles. The SMILES string of the molecule is Cl.O=C(CNC(=O)CC12CC3CC(CC(C3)C1)C2)NCCCN1CCNCC1. The van der Waals surface area contributed by atoms with Crippen LogP contribution in [0.1, 0.15) is 51.4 Å². The highest BCUT2D eigenvalue weighted by Crippen LogP contribution is 2.61. The number of piperazine rings is 1. The van der Waals surface area contributed by atoms with Gasteiger partial charge in [-0.1, -0.05) is 0 Å². The standard InChI is InChI=1S/C21H36N4O2.ClH/c26-19(14-21-11-16-8-17(12-21)10-18(9-16)13-21)24-15-20(27)23-2-1-5-25-6-3-22-4-7-25;/h16-18,22H,1-15H2,(H,23,27)(H,24,26);1H. The maximum atomic E-state index is 12.5. The molecule has 2 amide bonds. The summed E-state index contributed by atoms with van der Waals surface area (Å²) in [5, 5.41) is 9.16. The molecule has 3 N–H and O–H groups in total. The molecule has 28 heavy (non-hydrogen) atoms. The van der Waals surface area contributed by atoms with Crippen molar-refractivity contribution in [3.63, 3.8) is 0 Å². The van der Waals surface area contributed by atoms with Crippen molar-refractivity contribution in [3.05, 3.63) is 0 Å². The quantitative estimate of drug-likeness (QED) is 0.529. The van der Waals surface area contributed by atoms with Crippen LogP contribution in [0.2, 0.25) is 0 Å². The maximum absolute atomic E-state index is 12.5. The summed E-state index contributed by atoms with van der Waals surface area (Å²) in [6.07, 6.45) is 9.52. The van der Waals surface area contributed by atoms with Crippen molar-refractivity contribution in [3.8, 4) is 0 Å². The third-order valence-electron chi connectivity index (χ3n) is 7.33. The van der Waals surface area contributed by atoms with E-state index in [9.17, 15) is 9.59 Å².